The second-order valence-electron chi connectivity index (χ2n) is 5.06. The Morgan fingerprint density at radius 3 is 2.53 bits per heavy atom. The number of carbonyl (C=O) groups is 1. The lowest BCUT2D eigenvalue weighted by Crippen LogP contribution is -2.21. The van der Waals surface area contributed by atoms with E-state index in [2.05, 4.69) is 22.9 Å². The highest BCUT2D eigenvalue weighted by Gasteiger charge is 2.25. The van der Waals surface area contributed by atoms with E-state index in [0.717, 1.165) is 28.8 Å². The van der Waals surface area contributed by atoms with Crippen LogP contribution in [0.1, 0.15) is 43.0 Å². The number of hydrogen-bond acceptors (Lipinski definition) is 2. The van der Waals surface area contributed by atoms with E-state index >= 15 is 0 Å². The van der Waals surface area contributed by atoms with Gasteiger partial charge < -0.3 is 5.73 Å². The van der Waals surface area contributed by atoms with Gasteiger partial charge in [0.2, 0.25) is 0 Å². The zero-order chi connectivity index (χ0) is 12.4. The molecule has 0 unspecified atom stereocenters. The minimum atomic E-state index is 0.210. The molecule has 1 saturated carbocycles. The Labute approximate surface area is 111 Å². The zero-order valence-corrected chi connectivity index (χ0v) is 11.7. The summed E-state index contributed by atoms with van der Waals surface area (Å²) in [4.78, 5) is 12.3. The quantitative estimate of drug-likeness (QED) is 0.661. The average Bonchev–Trinajstić information content (AvgIpc) is 2.33. The molecule has 1 aliphatic carbocycles. The fourth-order valence-corrected chi connectivity index (χ4v) is 2.82. The second-order valence-corrected chi connectivity index (χ2v) is 5.91. The molecule has 0 aliphatic heterocycles. The summed E-state index contributed by atoms with van der Waals surface area (Å²) in [5.41, 5.74) is 7.19. The third kappa shape index (κ3) is 2.89. The predicted octanol–water partition coefficient (Wildman–Crippen LogP) is 4.04. The molecule has 17 heavy (non-hydrogen) atoms. The fourth-order valence-electron chi connectivity index (χ4n) is 2.44. The summed E-state index contributed by atoms with van der Waals surface area (Å²) in [6.45, 7) is 2.26. The Bertz CT molecular complexity index is 422. The van der Waals surface area contributed by atoms with Crippen molar-refractivity contribution in [3.8, 4) is 0 Å². The van der Waals surface area contributed by atoms with E-state index in [4.69, 9.17) is 5.73 Å². The second kappa shape index (κ2) is 5.21. The van der Waals surface area contributed by atoms with Gasteiger partial charge in [0.25, 0.3) is 0 Å². The summed E-state index contributed by atoms with van der Waals surface area (Å²) >= 11 is 3.37. The van der Waals surface area contributed by atoms with Gasteiger partial charge in [0.1, 0.15) is 0 Å². The van der Waals surface area contributed by atoms with Crippen LogP contribution < -0.4 is 5.73 Å². The lowest BCUT2D eigenvalue weighted by Gasteiger charge is -2.25. The number of anilines is 1. The Hall–Kier alpha value is -0.830. The maximum absolute atomic E-state index is 12.3. The van der Waals surface area contributed by atoms with E-state index in [-0.39, 0.29) is 11.7 Å². The van der Waals surface area contributed by atoms with Gasteiger partial charge in [0, 0.05) is 21.6 Å². The van der Waals surface area contributed by atoms with Crippen LogP contribution in [0.15, 0.2) is 22.7 Å². The first-order valence-electron chi connectivity index (χ1n) is 6.17. The van der Waals surface area contributed by atoms with Crippen LogP contribution in [0.4, 0.5) is 5.69 Å². The number of benzene rings is 1. The van der Waals surface area contributed by atoms with Crippen molar-refractivity contribution in [2.45, 2.75) is 32.6 Å². The molecular formula is C14H18BrNO. The van der Waals surface area contributed by atoms with Crippen molar-refractivity contribution in [1.82, 2.24) is 0 Å². The summed E-state index contributed by atoms with van der Waals surface area (Å²) < 4.78 is 0.813. The van der Waals surface area contributed by atoms with Gasteiger partial charge in [-0.15, -0.1) is 0 Å². The van der Waals surface area contributed by atoms with Crippen molar-refractivity contribution in [3.63, 3.8) is 0 Å². The van der Waals surface area contributed by atoms with Crippen LogP contribution in [0.25, 0.3) is 0 Å². The van der Waals surface area contributed by atoms with Crippen LogP contribution in [0.3, 0.4) is 0 Å². The van der Waals surface area contributed by atoms with Crippen LogP contribution in [-0.4, -0.2) is 5.78 Å². The third-order valence-corrected chi connectivity index (χ3v) is 4.36. The maximum Gasteiger partial charge on any atom is 0.165 e. The summed E-state index contributed by atoms with van der Waals surface area (Å²) in [6, 6.07) is 5.47. The first-order valence-corrected chi connectivity index (χ1v) is 6.96. The molecule has 0 radical (unpaired) electrons. The maximum atomic E-state index is 12.3. The van der Waals surface area contributed by atoms with Gasteiger partial charge in [0.15, 0.2) is 5.78 Å². The third-order valence-electron chi connectivity index (χ3n) is 3.67. The minimum absolute atomic E-state index is 0.210. The van der Waals surface area contributed by atoms with Gasteiger partial charge in [-0.2, -0.15) is 0 Å². The number of ketones is 1. The van der Waals surface area contributed by atoms with Crippen LogP contribution in [-0.2, 0) is 0 Å². The SMILES string of the molecule is CC1CCC(C(=O)c2ccc(N)c(Br)c2)CC1. The standard InChI is InChI=1S/C14H18BrNO/c1-9-2-4-10(5-3-9)14(17)11-6-7-13(16)12(15)8-11/h6-10H,2-5,16H2,1H3. The number of halogens is 1. The molecule has 2 rings (SSSR count). The molecule has 0 spiro atoms. The first-order chi connectivity index (χ1) is 8.08. The summed E-state index contributed by atoms with van der Waals surface area (Å²) in [7, 11) is 0. The molecule has 0 saturated heterocycles. The highest BCUT2D eigenvalue weighted by Crippen LogP contribution is 2.31. The van der Waals surface area contributed by atoms with E-state index in [9.17, 15) is 4.79 Å². The van der Waals surface area contributed by atoms with Crippen molar-refractivity contribution >= 4 is 27.4 Å². The smallest absolute Gasteiger partial charge is 0.165 e. The minimum Gasteiger partial charge on any atom is -0.398 e. The molecule has 0 bridgehead atoms. The number of rotatable bonds is 2. The number of Topliss-reactive ketones (excluding diaryl/α,β-unsaturated/α-hetero) is 1. The van der Waals surface area contributed by atoms with Gasteiger partial charge >= 0.3 is 0 Å². The van der Waals surface area contributed by atoms with Gasteiger partial charge in [-0.1, -0.05) is 19.8 Å². The van der Waals surface area contributed by atoms with E-state index in [1.165, 1.54) is 12.8 Å². The monoisotopic (exact) mass is 295 g/mol. The molecule has 92 valence electrons. The van der Waals surface area contributed by atoms with E-state index in [0.29, 0.717) is 5.69 Å². The lowest BCUT2D eigenvalue weighted by atomic mass is 9.79. The van der Waals surface area contributed by atoms with Crippen molar-refractivity contribution in [2.75, 3.05) is 5.73 Å². The van der Waals surface area contributed by atoms with Crippen LogP contribution in [0.2, 0.25) is 0 Å². The van der Waals surface area contributed by atoms with Gasteiger partial charge in [-0.05, 0) is 52.9 Å². The van der Waals surface area contributed by atoms with Crippen LogP contribution in [0, 0.1) is 11.8 Å². The number of nitrogens with two attached hydrogens (primary N) is 1. The van der Waals surface area contributed by atoms with Crippen molar-refractivity contribution in [2.24, 2.45) is 11.8 Å². The van der Waals surface area contributed by atoms with Gasteiger partial charge in [-0.25, -0.2) is 0 Å². The van der Waals surface area contributed by atoms with E-state index in [1.54, 1.807) is 6.07 Å². The van der Waals surface area contributed by atoms with Crippen LogP contribution in [0.5, 0.6) is 0 Å². The molecule has 0 heterocycles. The van der Waals surface area contributed by atoms with Crippen molar-refractivity contribution in [1.29, 1.82) is 0 Å². The number of nitrogen functional groups attached to an aromatic ring is 1. The highest BCUT2D eigenvalue weighted by molar-refractivity contribution is 9.10. The molecule has 3 heteroatoms. The van der Waals surface area contributed by atoms with Gasteiger partial charge in [-0.3, -0.25) is 4.79 Å². The number of hydrogen-bond donors (Lipinski definition) is 1. The molecular weight excluding hydrogens is 278 g/mol. The van der Waals surface area contributed by atoms with E-state index < -0.39 is 0 Å². The Morgan fingerprint density at radius 1 is 1.29 bits per heavy atom. The van der Waals surface area contributed by atoms with Crippen LogP contribution >= 0.6 is 15.9 Å². The predicted molar refractivity (Wildman–Crippen MR) is 74.0 cm³/mol. The van der Waals surface area contributed by atoms with Gasteiger partial charge in [0.05, 0.1) is 0 Å². The molecule has 0 aromatic heterocycles. The van der Waals surface area contributed by atoms with E-state index in [1.807, 2.05) is 12.1 Å². The summed E-state index contributed by atoms with van der Waals surface area (Å²) in [5, 5.41) is 0. The molecule has 1 fully saturated rings. The molecule has 1 aromatic carbocycles. The first kappa shape index (κ1) is 12.6. The molecule has 0 amide bonds. The fraction of sp³-hybridized carbons (Fsp3) is 0.500. The Balaban J connectivity index is 2.11. The topological polar surface area (TPSA) is 43.1 Å². The normalized spacial score (nSPS) is 24.6. The Kier molecular flexibility index (Phi) is 3.87. The van der Waals surface area contributed by atoms with Crippen molar-refractivity contribution in [3.05, 3.63) is 28.2 Å². The summed E-state index contributed by atoms with van der Waals surface area (Å²) in [5.74, 6) is 1.26. The molecule has 2 nitrogen and oxygen atoms in total. The zero-order valence-electron chi connectivity index (χ0n) is 10.1. The largest absolute Gasteiger partial charge is 0.398 e. The highest BCUT2D eigenvalue weighted by atomic mass is 79.9. The average molecular weight is 296 g/mol. The lowest BCUT2D eigenvalue weighted by molar-refractivity contribution is 0.0875. The van der Waals surface area contributed by atoms with Crippen molar-refractivity contribution < 1.29 is 4.79 Å². The molecule has 0 atom stereocenters. The number of carbonyl (C=O) groups excluding carboxylic acids is 1. The molecule has 1 aromatic rings. The Morgan fingerprint density at radius 2 is 1.94 bits per heavy atom. The molecule has 2 N–H and O–H groups in total. The molecule has 1 aliphatic rings. The summed E-state index contributed by atoms with van der Waals surface area (Å²) in [6.07, 6.45) is 4.41.